The van der Waals surface area contributed by atoms with Gasteiger partial charge < -0.3 is 14.9 Å². The molecule has 1 amide bonds. The zero-order valence-electron chi connectivity index (χ0n) is 11.4. The number of carbonyl (C=O) groups excluding carboxylic acids is 1. The number of hydrogen-bond donors (Lipinski definition) is 2. The molecular weight excluding hydrogens is 303 g/mol. The van der Waals surface area contributed by atoms with Crippen LogP contribution in [0.15, 0.2) is 28.8 Å². The molecule has 0 aliphatic carbocycles. The van der Waals surface area contributed by atoms with Gasteiger partial charge in [0, 0.05) is 6.92 Å². The number of halogens is 3. The summed E-state index contributed by atoms with van der Waals surface area (Å²) < 4.78 is 43.5. The van der Waals surface area contributed by atoms with E-state index in [0.717, 1.165) is 6.07 Å². The van der Waals surface area contributed by atoms with Gasteiger partial charge in [0.2, 0.25) is 5.89 Å². The first-order chi connectivity index (χ1) is 10.3. The third kappa shape index (κ3) is 3.42. The summed E-state index contributed by atoms with van der Waals surface area (Å²) in [6.45, 7) is 0.752. The van der Waals surface area contributed by atoms with Crippen LogP contribution >= 0.6 is 0 Å². The lowest BCUT2D eigenvalue weighted by Gasteiger charge is -2.20. The molecule has 22 heavy (non-hydrogen) atoms. The Balaban J connectivity index is 2.28. The Morgan fingerprint density at radius 2 is 2.09 bits per heavy atom. The Morgan fingerprint density at radius 1 is 1.41 bits per heavy atom. The number of aryl methyl sites for hydroxylation is 1. The van der Waals surface area contributed by atoms with Gasteiger partial charge in [-0.25, -0.2) is 0 Å². The van der Waals surface area contributed by atoms with E-state index in [0.29, 0.717) is 0 Å². The molecule has 2 N–H and O–H groups in total. The van der Waals surface area contributed by atoms with Gasteiger partial charge in [0.05, 0.1) is 18.2 Å². The Kier molecular flexibility index (Phi) is 4.45. The number of aliphatic hydroxyl groups is 1. The number of alkyl halides is 3. The van der Waals surface area contributed by atoms with Gasteiger partial charge in [-0.2, -0.15) is 18.2 Å². The largest absolute Gasteiger partial charge is 0.416 e. The molecule has 0 radical (unpaired) electrons. The summed E-state index contributed by atoms with van der Waals surface area (Å²) in [6.07, 6.45) is -4.60. The standard InChI is InChI=1S/C13H12F3N3O3/c1-7-17-11(19-22-7)12(21)18-10(6-20)8-4-2-3-5-9(8)13(14,15)16/h2-5,10,20H,6H2,1H3,(H,18,21). The van der Waals surface area contributed by atoms with Crippen LogP contribution in [0, 0.1) is 6.92 Å². The van der Waals surface area contributed by atoms with Gasteiger partial charge >= 0.3 is 6.18 Å². The second-order valence-electron chi connectivity index (χ2n) is 4.43. The van der Waals surface area contributed by atoms with Crippen LogP contribution in [0.2, 0.25) is 0 Å². The van der Waals surface area contributed by atoms with Crippen LogP contribution in [0.1, 0.15) is 33.7 Å². The second-order valence-corrected chi connectivity index (χ2v) is 4.43. The van der Waals surface area contributed by atoms with Crippen molar-refractivity contribution in [2.24, 2.45) is 0 Å². The minimum absolute atomic E-state index is 0.140. The molecule has 0 aliphatic rings. The number of nitrogens with zero attached hydrogens (tertiary/aromatic N) is 2. The molecule has 0 fully saturated rings. The highest BCUT2D eigenvalue weighted by atomic mass is 19.4. The maximum absolute atomic E-state index is 13.0. The quantitative estimate of drug-likeness (QED) is 0.899. The third-order valence-electron chi connectivity index (χ3n) is 2.86. The normalized spacial score (nSPS) is 13.0. The number of nitrogens with one attached hydrogen (secondary N) is 1. The fourth-order valence-electron chi connectivity index (χ4n) is 1.90. The first kappa shape index (κ1) is 16.0. The monoisotopic (exact) mass is 315 g/mol. The minimum Gasteiger partial charge on any atom is -0.394 e. The van der Waals surface area contributed by atoms with Gasteiger partial charge in [0.25, 0.3) is 11.7 Å². The van der Waals surface area contributed by atoms with Crippen LogP contribution in [0.5, 0.6) is 0 Å². The van der Waals surface area contributed by atoms with E-state index in [1.54, 1.807) is 0 Å². The van der Waals surface area contributed by atoms with E-state index in [1.807, 2.05) is 0 Å². The van der Waals surface area contributed by atoms with Crippen molar-refractivity contribution in [3.05, 3.63) is 47.1 Å². The van der Waals surface area contributed by atoms with E-state index in [-0.39, 0.29) is 17.3 Å². The summed E-state index contributed by atoms with van der Waals surface area (Å²) >= 11 is 0. The van der Waals surface area contributed by atoms with Crippen LogP contribution in [0.25, 0.3) is 0 Å². The van der Waals surface area contributed by atoms with E-state index >= 15 is 0 Å². The highest BCUT2D eigenvalue weighted by Gasteiger charge is 2.35. The van der Waals surface area contributed by atoms with Crippen molar-refractivity contribution in [1.29, 1.82) is 0 Å². The molecule has 118 valence electrons. The fraction of sp³-hybridized carbons (Fsp3) is 0.308. The van der Waals surface area contributed by atoms with Gasteiger partial charge in [0.15, 0.2) is 0 Å². The molecule has 0 spiro atoms. The molecule has 6 nitrogen and oxygen atoms in total. The summed E-state index contributed by atoms with van der Waals surface area (Å²) in [7, 11) is 0. The zero-order chi connectivity index (χ0) is 16.3. The first-order valence-corrected chi connectivity index (χ1v) is 6.21. The molecule has 1 unspecified atom stereocenters. The Labute approximate surface area is 123 Å². The van der Waals surface area contributed by atoms with Crippen LogP contribution in [-0.4, -0.2) is 27.8 Å². The summed E-state index contributed by atoms with van der Waals surface area (Å²) in [6, 6.07) is 3.43. The molecule has 1 aromatic carbocycles. The molecule has 9 heteroatoms. The van der Waals surface area contributed by atoms with E-state index in [1.165, 1.54) is 25.1 Å². The van der Waals surface area contributed by atoms with Crippen LogP contribution in [0.4, 0.5) is 13.2 Å². The molecule has 1 heterocycles. The van der Waals surface area contributed by atoms with Gasteiger partial charge in [0.1, 0.15) is 0 Å². The van der Waals surface area contributed by atoms with Crippen LogP contribution in [-0.2, 0) is 6.18 Å². The van der Waals surface area contributed by atoms with Crippen LogP contribution in [0.3, 0.4) is 0 Å². The summed E-state index contributed by atoms with van der Waals surface area (Å²) in [5.74, 6) is -1.02. The number of hydrogen-bond acceptors (Lipinski definition) is 5. The lowest BCUT2D eigenvalue weighted by atomic mass is 10.00. The Morgan fingerprint density at radius 3 is 2.64 bits per heavy atom. The summed E-state index contributed by atoms with van der Waals surface area (Å²) in [5, 5.41) is 14.9. The molecule has 0 saturated carbocycles. The molecule has 1 atom stereocenters. The third-order valence-corrected chi connectivity index (χ3v) is 2.86. The number of amides is 1. The first-order valence-electron chi connectivity index (χ1n) is 6.21. The van der Waals surface area contributed by atoms with Crippen molar-refractivity contribution >= 4 is 5.91 Å². The van der Waals surface area contributed by atoms with Crippen molar-refractivity contribution in [3.8, 4) is 0 Å². The van der Waals surface area contributed by atoms with Crippen molar-refractivity contribution in [1.82, 2.24) is 15.5 Å². The number of carbonyl (C=O) groups is 1. The average Bonchev–Trinajstić information content (AvgIpc) is 2.90. The Bertz CT molecular complexity index is 670. The van der Waals surface area contributed by atoms with Crippen molar-refractivity contribution in [2.75, 3.05) is 6.61 Å². The lowest BCUT2D eigenvalue weighted by Crippen LogP contribution is -2.33. The van der Waals surface area contributed by atoms with Crippen molar-refractivity contribution in [2.45, 2.75) is 19.1 Å². The van der Waals surface area contributed by atoms with Gasteiger partial charge in [-0.1, -0.05) is 23.4 Å². The van der Waals surface area contributed by atoms with E-state index in [2.05, 4.69) is 20.0 Å². The summed E-state index contributed by atoms with van der Waals surface area (Å²) in [4.78, 5) is 15.5. The number of aromatic nitrogens is 2. The highest BCUT2D eigenvalue weighted by Crippen LogP contribution is 2.34. The summed E-state index contributed by atoms with van der Waals surface area (Å²) in [5.41, 5.74) is -1.18. The predicted octanol–water partition coefficient (Wildman–Crippen LogP) is 1.86. The molecule has 0 aliphatic heterocycles. The van der Waals surface area contributed by atoms with Crippen molar-refractivity contribution in [3.63, 3.8) is 0 Å². The Hall–Kier alpha value is -2.42. The predicted molar refractivity (Wildman–Crippen MR) is 67.8 cm³/mol. The number of aliphatic hydroxyl groups excluding tert-OH is 1. The topological polar surface area (TPSA) is 88.2 Å². The second kappa shape index (κ2) is 6.14. The fourth-order valence-corrected chi connectivity index (χ4v) is 1.90. The van der Waals surface area contributed by atoms with Crippen molar-refractivity contribution < 1.29 is 27.6 Å². The molecule has 1 aromatic heterocycles. The molecule has 0 saturated heterocycles. The maximum atomic E-state index is 13.0. The van der Waals surface area contributed by atoms with E-state index in [4.69, 9.17) is 0 Å². The van der Waals surface area contributed by atoms with Gasteiger partial charge in [-0.05, 0) is 11.6 Å². The molecular formula is C13H12F3N3O3. The van der Waals surface area contributed by atoms with Crippen LogP contribution < -0.4 is 5.32 Å². The van der Waals surface area contributed by atoms with E-state index < -0.39 is 30.3 Å². The molecule has 0 bridgehead atoms. The highest BCUT2D eigenvalue weighted by molar-refractivity contribution is 5.90. The van der Waals surface area contributed by atoms with Gasteiger partial charge in [-0.15, -0.1) is 0 Å². The smallest absolute Gasteiger partial charge is 0.394 e. The molecule has 2 aromatic rings. The van der Waals surface area contributed by atoms with E-state index in [9.17, 15) is 23.1 Å². The zero-order valence-corrected chi connectivity index (χ0v) is 11.4. The van der Waals surface area contributed by atoms with Gasteiger partial charge in [-0.3, -0.25) is 4.79 Å². The maximum Gasteiger partial charge on any atom is 0.416 e. The average molecular weight is 315 g/mol. The lowest BCUT2D eigenvalue weighted by molar-refractivity contribution is -0.138. The number of rotatable bonds is 4. The molecule has 2 rings (SSSR count). The minimum atomic E-state index is -4.60. The SMILES string of the molecule is Cc1nc(C(=O)NC(CO)c2ccccc2C(F)(F)F)no1. The number of benzene rings is 1.